The molecule has 156 valence electrons. The minimum Gasteiger partial charge on any atom is -0.339 e. The molecule has 1 atom stereocenters. The van der Waals surface area contributed by atoms with Crippen molar-refractivity contribution in [2.24, 2.45) is 0 Å². The second-order valence-corrected chi connectivity index (χ2v) is 7.95. The fourth-order valence-corrected chi connectivity index (χ4v) is 4.45. The highest BCUT2D eigenvalue weighted by molar-refractivity contribution is 5.80. The highest BCUT2D eigenvalue weighted by atomic mass is 16.2. The van der Waals surface area contributed by atoms with Crippen molar-refractivity contribution in [1.82, 2.24) is 14.7 Å². The lowest BCUT2D eigenvalue weighted by Gasteiger charge is -2.35. The second kappa shape index (κ2) is 8.69. The smallest absolute Gasteiger partial charge is 0.273 e. The van der Waals surface area contributed by atoms with Gasteiger partial charge in [-0.2, -0.15) is 0 Å². The van der Waals surface area contributed by atoms with E-state index in [1.165, 1.54) is 15.8 Å². The van der Waals surface area contributed by atoms with Gasteiger partial charge in [0, 0.05) is 19.0 Å². The highest BCUT2D eigenvalue weighted by Crippen LogP contribution is 2.25. The molecule has 3 aromatic rings. The standard InChI is InChI=1S/C24H27N3O3/c1-2-14-26(19-12-11-17-7-3-4-8-18(17)16-19)22(28)13-15-27-24(30)21-10-6-5-9-20(21)23(29)25-27/h3-10,19H,2,11-16H2,1H3,(H,25,29). The Balaban J connectivity index is 1.51. The average Bonchev–Trinajstić information content (AvgIpc) is 2.78. The predicted molar refractivity (Wildman–Crippen MR) is 118 cm³/mol. The molecule has 4 rings (SSSR count). The number of nitrogens with zero attached hydrogens (tertiary/aromatic N) is 2. The third-order valence-electron chi connectivity index (χ3n) is 5.98. The molecule has 0 spiro atoms. The van der Waals surface area contributed by atoms with Crippen LogP contribution in [0, 0.1) is 0 Å². The quantitative estimate of drug-likeness (QED) is 0.685. The zero-order valence-corrected chi connectivity index (χ0v) is 17.3. The summed E-state index contributed by atoms with van der Waals surface area (Å²) < 4.78 is 1.27. The van der Waals surface area contributed by atoms with Crippen molar-refractivity contribution in [3.63, 3.8) is 0 Å². The van der Waals surface area contributed by atoms with Crippen molar-refractivity contribution in [3.8, 4) is 0 Å². The van der Waals surface area contributed by atoms with Crippen LogP contribution in [0.25, 0.3) is 10.8 Å². The van der Waals surface area contributed by atoms with Crippen LogP contribution < -0.4 is 11.1 Å². The summed E-state index contributed by atoms with van der Waals surface area (Å²) in [5.74, 6) is 0.0298. The van der Waals surface area contributed by atoms with Crippen LogP contribution in [0.3, 0.4) is 0 Å². The van der Waals surface area contributed by atoms with E-state index in [0.717, 1.165) is 25.7 Å². The molecule has 0 saturated heterocycles. The molecule has 6 nitrogen and oxygen atoms in total. The monoisotopic (exact) mass is 405 g/mol. The van der Waals surface area contributed by atoms with Gasteiger partial charge in [0.15, 0.2) is 0 Å². The molecule has 1 aliphatic carbocycles. The highest BCUT2D eigenvalue weighted by Gasteiger charge is 2.27. The lowest BCUT2D eigenvalue weighted by Crippen LogP contribution is -2.44. The molecule has 2 aromatic carbocycles. The summed E-state index contributed by atoms with van der Waals surface area (Å²) in [5, 5.41) is 3.37. The van der Waals surface area contributed by atoms with E-state index < -0.39 is 0 Å². The SMILES string of the molecule is CCCN(C(=O)CCn1[nH]c(=O)c2ccccc2c1=O)C1CCc2ccccc2C1. The summed E-state index contributed by atoms with van der Waals surface area (Å²) in [7, 11) is 0. The number of hydrogen-bond donors (Lipinski definition) is 1. The Morgan fingerprint density at radius 1 is 1.07 bits per heavy atom. The molecule has 0 radical (unpaired) electrons. The van der Waals surface area contributed by atoms with Crippen molar-refractivity contribution in [2.45, 2.75) is 51.6 Å². The van der Waals surface area contributed by atoms with Gasteiger partial charge in [-0.05, 0) is 48.9 Å². The summed E-state index contributed by atoms with van der Waals surface area (Å²) in [6.07, 6.45) is 3.87. The van der Waals surface area contributed by atoms with Crippen molar-refractivity contribution in [3.05, 3.63) is 80.4 Å². The number of aromatic amines is 1. The number of rotatable bonds is 6. The van der Waals surface area contributed by atoms with E-state index in [2.05, 4.69) is 36.3 Å². The van der Waals surface area contributed by atoms with Crippen LogP contribution in [-0.2, 0) is 24.2 Å². The molecule has 1 N–H and O–H groups in total. The maximum Gasteiger partial charge on any atom is 0.273 e. The summed E-state index contributed by atoms with van der Waals surface area (Å²) in [6.45, 7) is 2.94. The van der Waals surface area contributed by atoms with E-state index >= 15 is 0 Å². The number of amides is 1. The minimum absolute atomic E-state index is 0.0298. The third-order valence-corrected chi connectivity index (χ3v) is 5.98. The Kier molecular flexibility index (Phi) is 5.84. The second-order valence-electron chi connectivity index (χ2n) is 7.95. The van der Waals surface area contributed by atoms with Crippen LogP contribution in [0.2, 0.25) is 0 Å². The number of carbonyl (C=O) groups is 1. The van der Waals surface area contributed by atoms with Gasteiger partial charge in [-0.25, -0.2) is 4.68 Å². The van der Waals surface area contributed by atoms with Crippen molar-refractivity contribution in [1.29, 1.82) is 0 Å². The summed E-state index contributed by atoms with van der Waals surface area (Å²) in [6, 6.07) is 15.4. The predicted octanol–water partition coefficient (Wildman–Crippen LogP) is 2.88. The first-order valence-corrected chi connectivity index (χ1v) is 10.7. The zero-order valence-electron chi connectivity index (χ0n) is 17.3. The first-order chi connectivity index (χ1) is 14.6. The number of aryl methyl sites for hydroxylation is 2. The largest absolute Gasteiger partial charge is 0.339 e. The van der Waals surface area contributed by atoms with Gasteiger partial charge in [-0.1, -0.05) is 43.3 Å². The Morgan fingerprint density at radius 3 is 2.53 bits per heavy atom. The van der Waals surface area contributed by atoms with Crippen molar-refractivity contribution >= 4 is 16.7 Å². The van der Waals surface area contributed by atoms with E-state index in [9.17, 15) is 14.4 Å². The van der Waals surface area contributed by atoms with E-state index in [1.54, 1.807) is 24.3 Å². The van der Waals surface area contributed by atoms with Gasteiger partial charge in [-0.3, -0.25) is 19.5 Å². The van der Waals surface area contributed by atoms with E-state index in [4.69, 9.17) is 0 Å². The van der Waals surface area contributed by atoms with Gasteiger partial charge < -0.3 is 4.90 Å². The van der Waals surface area contributed by atoms with Crippen LogP contribution in [0.4, 0.5) is 0 Å². The van der Waals surface area contributed by atoms with Gasteiger partial charge >= 0.3 is 0 Å². The molecule has 1 heterocycles. The minimum atomic E-state index is -0.313. The topological polar surface area (TPSA) is 75.2 Å². The molecule has 0 saturated carbocycles. The normalized spacial score (nSPS) is 15.7. The van der Waals surface area contributed by atoms with Gasteiger partial charge in [-0.15, -0.1) is 0 Å². The fourth-order valence-electron chi connectivity index (χ4n) is 4.45. The van der Waals surface area contributed by atoms with E-state index in [1.807, 2.05) is 4.90 Å². The van der Waals surface area contributed by atoms with Crippen LogP contribution >= 0.6 is 0 Å². The Morgan fingerprint density at radius 2 is 1.77 bits per heavy atom. The molecule has 1 aromatic heterocycles. The molecule has 1 aliphatic rings. The van der Waals surface area contributed by atoms with Gasteiger partial charge in [0.25, 0.3) is 11.1 Å². The van der Waals surface area contributed by atoms with Crippen LogP contribution in [0.15, 0.2) is 58.1 Å². The van der Waals surface area contributed by atoms with E-state index in [0.29, 0.717) is 17.3 Å². The van der Waals surface area contributed by atoms with Crippen molar-refractivity contribution in [2.75, 3.05) is 6.54 Å². The van der Waals surface area contributed by atoms with Gasteiger partial charge in [0.1, 0.15) is 0 Å². The number of benzene rings is 2. The molecule has 1 unspecified atom stereocenters. The van der Waals surface area contributed by atoms with E-state index in [-0.39, 0.29) is 36.0 Å². The lowest BCUT2D eigenvalue weighted by molar-refractivity contribution is -0.134. The summed E-state index contributed by atoms with van der Waals surface area (Å²) >= 11 is 0. The fraction of sp³-hybridized carbons (Fsp3) is 0.375. The molecular weight excluding hydrogens is 378 g/mol. The molecule has 1 amide bonds. The number of carbonyl (C=O) groups excluding carboxylic acids is 1. The maximum atomic E-state index is 13.1. The van der Waals surface area contributed by atoms with Gasteiger partial charge in [0.2, 0.25) is 5.91 Å². The first-order valence-electron chi connectivity index (χ1n) is 10.7. The average molecular weight is 405 g/mol. The molecule has 0 fully saturated rings. The third kappa shape index (κ3) is 3.95. The molecular formula is C24H27N3O3. The van der Waals surface area contributed by atoms with Crippen LogP contribution in [0.5, 0.6) is 0 Å². The maximum absolute atomic E-state index is 13.1. The molecule has 30 heavy (non-hydrogen) atoms. The zero-order chi connectivity index (χ0) is 21.1. The number of H-pyrrole nitrogens is 1. The van der Waals surface area contributed by atoms with Crippen LogP contribution in [-0.4, -0.2) is 33.2 Å². The molecule has 0 aliphatic heterocycles. The number of hydrogen-bond acceptors (Lipinski definition) is 3. The Hall–Kier alpha value is -3.15. The summed E-state index contributed by atoms with van der Waals surface area (Å²) in [5.41, 5.74) is 2.11. The van der Waals surface area contributed by atoms with Gasteiger partial charge in [0.05, 0.1) is 17.3 Å². The number of fused-ring (bicyclic) bond motifs is 2. The lowest BCUT2D eigenvalue weighted by atomic mass is 9.87. The first kappa shape index (κ1) is 20.1. The van der Waals surface area contributed by atoms with Crippen LogP contribution in [0.1, 0.15) is 37.3 Å². The number of nitrogens with one attached hydrogen (secondary N) is 1. The summed E-state index contributed by atoms with van der Waals surface area (Å²) in [4.78, 5) is 40.1. The molecule has 6 heteroatoms. The Labute approximate surface area is 175 Å². The molecule has 0 bridgehead atoms. The Bertz CT molecular complexity index is 1180. The number of aromatic nitrogens is 2. The van der Waals surface area contributed by atoms with Crippen molar-refractivity contribution < 1.29 is 4.79 Å².